The maximum Gasteiger partial charge on any atom is 0.312 e. The van der Waals surface area contributed by atoms with E-state index in [0.29, 0.717) is 30.0 Å². The topological polar surface area (TPSA) is 98.8 Å². The van der Waals surface area contributed by atoms with Gasteiger partial charge in [0.15, 0.2) is 5.78 Å². The second-order valence-electron chi connectivity index (χ2n) is 22.4. The quantitative estimate of drug-likeness (QED) is 0.195. The Balaban J connectivity index is 1.23. The summed E-state index contributed by atoms with van der Waals surface area (Å²) in [6.45, 7) is 25.8. The molecule has 0 unspecified atom stereocenters. The van der Waals surface area contributed by atoms with Gasteiger partial charge in [-0.3, -0.25) is 19.2 Å². The Hall–Kier alpha value is -2.44. The second kappa shape index (κ2) is 14.4. The molecule has 5 saturated carbocycles. The molecule has 7 nitrogen and oxygen atoms in total. The molecule has 8 atom stereocenters. The van der Waals surface area contributed by atoms with Crippen molar-refractivity contribution in [3.05, 3.63) is 23.3 Å². The van der Waals surface area contributed by atoms with Crippen LogP contribution in [0.1, 0.15) is 179 Å². The molecule has 0 radical (unpaired) electrons. The third-order valence-electron chi connectivity index (χ3n) is 16.7. The van der Waals surface area contributed by atoms with Crippen LogP contribution in [0.4, 0.5) is 0 Å². The highest BCUT2D eigenvalue weighted by Gasteiger charge is 2.70. The molecule has 0 aromatic rings. The molecule has 0 spiro atoms. The van der Waals surface area contributed by atoms with Gasteiger partial charge in [0.2, 0.25) is 5.91 Å². The molecule has 7 heteroatoms. The monoisotopic (exact) mass is 762 g/mol. The van der Waals surface area contributed by atoms with Gasteiger partial charge < -0.3 is 14.8 Å². The maximum absolute atomic E-state index is 14.0. The summed E-state index contributed by atoms with van der Waals surface area (Å²) in [6, 6.07) is 0.264. The molecule has 0 heterocycles. The molecule has 0 aliphatic heterocycles. The highest BCUT2D eigenvalue weighted by Crippen LogP contribution is 2.77. The molecule has 1 amide bonds. The average molecular weight is 762 g/mol. The Morgan fingerprint density at radius 2 is 1.49 bits per heavy atom. The van der Waals surface area contributed by atoms with Crippen molar-refractivity contribution in [2.75, 3.05) is 0 Å². The average Bonchev–Trinajstić information content (AvgIpc) is 3.37. The first-order valence-electron chi connectivity index (χ1n) is 22.1. The predicted octanol–water partition coefficient (Wildman–Crippen LogP) is 10.6. The van der Waals surface area contributed by atoms with E-state index in [4.69, 9.17) is 9.47 Å². The number of ketones is 1. The fourth-order valence-electron chi connectivity index (χ4n) is 13.8. The Labute approximate surface area is 333 Å². The molecular formula is C48H75NO6. The van der Waals surface area contributed by atoms with E-state index in [9.17, 15) is 19.2 Å². The van der Waals surface area contributed by atoms with E-state index in [1.807, 2.05) is 20.8 Å². The number of carbonyl (C=O) groups excluding carboxylic acids is 4. The van der Waals surface area contributed by atoms with Crippen molar-refractivity contribution in [3.8, 4) is 0 Å². The second-order valence-corrected chi connectivity index (χ2v) is 22.4. The molecule has 0 bridgehead atoms. The van der Waals surface area contributed by atoms with E-state index in [0.717, 1.165) is 69.8 Å². The standard InChI is InChI=1S/C48H75NO6/c1-30(2)39-33(50)28-48(25-22-37(51)49-31-16-14-13-15-17-31)27-26-46(11)32(40(39)48)18-19-35-45(10)23-21-36(44(8,9)34(45)20-24-47(35,46)12)54-38(52)29-43(6,7)41(53)55-42(3,4)5/h22,25,30-32,34-36H,13-21,23-24,26-29H2,1-12H3,(H,49,51)/b25-22+/t32-,34+,35-,36+,45+,46-,47-,48+/m1/s1. The molecule has 6 aliphatic carbocycles. The van der Waals surface area contributed by atoms with Gasteiger partial charge in [0, 0.05) is 23.3 Å². The number of fused-ring (bicyclic) bond motifs is 7. The number of rotatable bonds is 8. The predicted molar refractivity (Wildman–Crippen MR) is 218 cm³/mol. The van der Waals surface area contributed by atoms with E-state index in [-0.39, 0.29) is 69.4 Å². The number of esters is 2. The summed E-state index contributed by atoms with van der Waals surface area (Å²) in [4.78, 5) is 53.8. The fourth-order valence-corrected chi connectivity index (χ4v) is 13.8. The van der Waals surface area contributed by atoms with Crippen LogP contribution in [0.2, 0.25) is 0 Å². The lowest BCUT2D eigenvalue weighted by Crippen LogP contribution is -2.65. The normalized spacial score (nSPS) is 37.9. The number of allylic oxidation sites excluding steroid dienone is 3. The van der Waals surface area contributed by atoms with Crippen LogP contribution in [0.15, 0.2) is 23.3 Å². The van der Waals surface area contributed by atoms with Gasteiger partial charge >= 0.3 is 11.9 Å². The van der Waals surface area contributed by atoms with Gasteiger partial charge in [0.25, 0.3) is 0 Å². The fraction of sp³-hybridized carbons (Fsp3) is 0.833. The van der Waals surface area contributed by atoms with Crippen molar-refractivity contribution in [2.24, 2.45) is 56.2 Å². The lowest BCUT2D eigenvalue weighted by Gasteiger charge is -2.72. The Morgan fingerprint density at radius 3 is 2.13 bits per heavy atom. The first kappa shape index (κ1) is 42.2. The Kier molecular flexibility index (Phi) is 11.1. The molecule has 55 heavy (non-hydrogen) atoms. The highest BCUT2D eigenvalue weighted by molar-refractivity contribution is 6.01. The van der Waals surface area contributed by atoms with Gasteiger partial charge in [0.05, 0.1) is 11.8 Å². The molecule has 5 fully saturated rings. The lowest BCUT2D eigenvalue weighted by atomic mass is 9.33. The van der Waals surface area contributed by atoms with Crippen LogP contribution >= 0.6 is 0 Å². The van der Waals surface area contributed by atoms with Crippen LogP contribution in [0.5, 0.6) is 0 Å². The van der Waals surface area contributed by atoms with Crippen LogP contribution in [-0.2, 0) is 28.7 Å². The molecule has 0 aromatic heterocycles. The summed E-state index contributed by atoms with van der Waals surface area (Å²) in [5.41, 5.74) is 0.474. The largest absolute Gasteiger partial charge is 0.462 e. The summed E-state index contributed by atoms with van der Waals surface area (Å²) in [5.74, 6) is 0.979. The van der Waals surface area contributed by atoms with Crippen LogP contribution in [0, 0.1) is 56.2 Å². The maximum atomic E-state index is 14.0. The summed E-state index contributed by atoms with van der Waals surface area (Å²) < 4.78 is 12.0. The molecule has 6 aliphatic rings. The summed E-state index contributed by atoms with van der Waals surface area (Å²) >= 11 is 0. The third-order valence-corrected chi connectivity index (χ3v) is 16.7. The number of Topliss-reactive ketones (excluding diaryl/α,β-unsaturated/α-hetero) is 1. The first-order chi connectivity index (χ1) is 25.4. The van der Waals surface area contributed by atoms with Gasteiger partial charge in [0.1, 0.15) is 11.7 Å². The number of carbonyl (C=O) groups is 4. The van der Waals surface area contributed by atoms with E-state index in [1.165, 1.54) is 24.8 Å². The Bertz CT molecular complexity index is 1610. The first-order valence-corrected chi connectivity index (χ1v) is 22.1. The van der Waals surface area contributed by atoms with Crippen LogP contribution in [0.25, 0.3) is 0 Å². The van der Waals surface area contributed by atoms with Crippen molar-refractivity contribution in [1.29, 1.82) is 0 Å². The van der Waals surface area contributed by atoms with Crippen molar-refractivity contribution in [2.45, 2.75) is 197 Å². The van der Waals surface area contributed by atoms with E-state index in [2.05, 4.69) is 59.9 Å². The summed E-state index contributed by atoms with van der Waals surface area (Å²) in [6.07, 6.45) is 18.2. The zero-order valence-corrected chi connectivity index (χ0v) is 36.7. The van der Waals surface area contributed by atoms with Crippen molar-refractivity contribution in [1.82, 2.24) is 5.32 Å². The zero-order valence-electron chi connectivity index (χ0n) is 36.7. The van der Waals surface area contributed by atoms with E-state index >= 15 is 0 Å². The number of ether oxygens (including phenoxy) is 2. The van der Waals surface area contributed by atoms with Gasteiger partial charge in [-0.25, -0.2) is 0 Å². The minimum Gasteiger partial charge on any atom is -0.462 e. The van der Waals surface area contributed by atoms with Gasteiger partial charge in [-0.05, 0) is 156 Å². The Morgan fingerprint density at radius 1 is 0.818 bits per heavy atom. The minimum atomic E-state index is -0.970. The van der Waals surface area contributed by atoms with E-state index < -0.39 is 11.0 Å². The lowest BCUT2D eigenvalue weighted by molar-refractivity contribution is -0.232. The smallest absolute Gasteiger partial charge is 0.312 e. The van der Waals surface area contributed by atoms with Gasteiger partial charge in [-0.2, -0.15) is 0 Å². The SMILES string of the molecule is CC(C)C1=C2[C@H]3CC[C@@H]4[C@@]5(C)CC[C@H](OC(=O)CC(C)(C)C(=O)OC(C)(C)C)C(C)(C)[C@@H]5CC[C@@]4(C)[C@]3(C)CC[C@@]2(/C=C/C(=O)NC2CCCCC2)CC1=O. The van der Waals surface area contributed by atoms with Crippen LogP contribution in [-0.4, -0.2) is 41.4 Å². The molecule has 0 aromatic carbocycles. The molecule has 0 saturated heterocycles. The van der Waals surface area contributed by atoms with Crippen molar-refractivity contribution < 1.29 is 28.7 Å². The molecular weight excluding hydrogens is 687 g/mol. The summed E-state index contributed by atoms with van der Waals surface area (Å²) in [7, 11) is 0. The van der Waals surface area contributed by atoms with Gasteiger partial charge in [-0.15, -0.1) is 0 Å². The number of hydrogen-bond donors (Lipinski definition) is 1. The van der Waals surface area contributed by atoms with Crippen molar-refractivity contribution in [3.63, 3.8) is 0 Å². The van der Waals surface area contributed by atoms with Crippen molar-refractivity contribution >= 4 is 23.6 Å². The van der Waals surface area contributed by atoms with E-state index in [1.54, 1.807) is 19.9 Å². The number of hydrogen-bond acceptors (Lipinski definition) is 6. The highest BCUT2D eigenvalue weighted by atomic mass is 16.6. The number of nitrogens with one attached hydrogen (secondary N) is 1. The van der Waals surface area contributed by atoms with Crippen LogP contribution < -0.4 is 5.32 Å². The molecule has 1 N–H and O–H groups in total. The van der Waals surface area contributed by atoms with Crippen LogP contribution in [0.3, 0.4) is 0 Å². The number of amides is 1. The molecule has 6 rings (SSSR count). The minimum absolute atomic E-state index is 0.00280. The third kappa shape index (κ3) is 7.32. The summed E-state index contributed by atoms with van der Waals surface area (Å²) in [5, 5.41) is 3.29. The zero-order chi connectivity index (χ0) is 40.6. The van der Waals surface area contributed by atoms with Gasteiger partial charge in [-0.1, -0.05) is 73.8 Å². The molecule has 308 valence electrons.